The molecule has 3 atom stereocenters. The van der Waals surface area contributed by atoms with E-state index in [1.807, 2.05) is 24.3 Å². The molecule has 1 aromatic rings. The number of carbonyl (C=O) groups is 1. The van der Waals surface area contributed by atoms with Crippen molar-refractivity contribution < 1.29 is 9.90 Å². The number of carbonyl (C=O) groups excluding carboxylic acids is 1. The van der Waals surface area contributed by atoms with E-state index in [0.717, 1.165) is 24.8 Å². The van der Waals surface area contributed by atoms with Crippen LogP contribution in [0.1, 0.15) is 43.7 Å². The maximum atomic E-state index is 12.3. The van der Waals surface area contributed by atoms with Crippen molar-refractivity contribution in [3.63, 3.8) is 0 Å². The average molecular weight is 337 g/mol. The molecule has 0 radical (unpaired) electrons. The number of aliphatic hydroxyl groups excluding tert-OH is 1. The highest BCUT2D eigenvalue weighted by Crippen LogP contribution is 2.38. The van der Waals surface area contributed by atoms with Crippen LogP contribution in [0.15, 0.2) is 24.3 Å². The van der Waals surface area contributed by atoms with Gasteiger partial charge in [-0.1, -0.05) is 36.6 Å². The first-order valence-electron chi connectivity index (χ1n) is 8.58. The van der Waals surface area contributed by atoms with Crippen molar-refractivity contribution in [1.82, 2.24) is 10.6 Å². The van der Waals surface area contributed by atoms with E-state index in [9.17, 15) is 4.79 Å². The molecule has 0 aromatic heterocycles. The van der Waals surface area contributed by atoms with Gasteiger partial charge in [0.1, 0.15) is 0 Å². The summed E-state index contributed by atoms with van der Waals surface area (Å²) in [5, 5.41) is 15.9. The van der Waals surface area contributed by atoms with Crippen LogP contribution in [-0.4, -0.2) is 24.3 Å². The van der Waals surface area contributed by atoms with E-state index >= 15 is 0 Å². The summed E-state index contributed by atoms with van der Waals surface area (Å²) in [6, 6.07) is 7.69. The van der Waals surface area contributed by atoms with E-state index in [2.05, 4.69) is 10.6 Å². The van der Waals surface area contributed by atoms with E-state index in [-0.39, 0.29) is 18.7 Å². The average Bonchev–Trinajstić information content (AvgIpc) is 3.10. The van der Waals surface area contributed by atoms with Crippen molar-refractivity contribution in [2.45, 2.75) is 38.1 Å². The summed E-state index contributed by atoms with van der Waals surface area (Å²) >= 11 is 6.12. The van der Waals surface area contributed by atoms with E-state index in [1.54, 1.807) is 0 Å². The third-order valence-electron chi connectivity index (χ3n) is 5.19. The minimum Gasteiger partial charge on any atom is -0.396 e. The third kappa shape index (κ3) is 4.39. The van der Waals surface area contributed by atoms with Crippen LogP contribution in [0.4, 0.5) is 4.79 Å². The number of hydrogen-bond donors (Lipinski definition) is 3. The quantitative estimate of drug-likeness (QED) is 0.744. The summed E-state index contributed by atoms with van der Waals surface area (Å²) in [5.74, 6) is 1.28. The fraction of sp³-hybridized carbons (Fsp3) is 0.611. The molecule has 0 spiro atoms. The molecule has 2 saturated carbocycles. The fourth-order valence-electron chi connectivity index (χ4n) is 3.66. The van der Waals surface area contributed by atoms with Gasteiger partial charge in [0.2, 0.25) is 0 Å². The molecule has 1 aromatic carbocycles. The molecular formula is C18H25ClN2O2. The molecule has 0 bridgehead atoms. The van der Waals surface area contributed by atoms with Crippen LogP contribution in [0.25, 0.3) is 0 Å². The van der Waals surface area contributed by atoms with Gasteiger partial charge in [0.25, 0.3) is 0 Å². The molecule has 0 unspecified atom stereocenters. The second-order valence-electron chi connectivity index (χ2n) is 6.87. The first-order chi connectivity index (χ1) is 11.2. The Balaban J connectivity index is 1.60. The van der Waals surface area contributed by atoms with Gasteiger partial charge in [-0.2, -0.15) is 0 Å². The smallest absolute Gasteiger partial charge is 0.315 e. The molecule has 3 N–H and O–H groups in total. The minimum absolute atomic E-state index is 0.0176. The Labute approximate surface area is 142 Å². The Bertz CT molecular complexity index is 546. The van der Waals surface area contributed by atoms with Crippen molar-refractivity contribution in [2.75, 3.05) is 13.2 Å². The Morgan fingerprint density at radius 2 is 2.09 bits per heavy atom. The number of halogens is 1. The highest BCUT2D eigenvalue weighted by molar-refractivity contribution is 6.30. The number of hydrogen-bond acceptors (Lipinski definition) is 2. The van der Waals surface area contributed by atoms with Crippen molar-refractivity contribution in [2.24, 2.45) is 17.8 Å². The normalized spacial score (nSPS) is 25.1. The van der Waals surface area contributed by atoms with Gasteiger partial charge in [0.15, 0.2) is 0 Å². The van der Waals surface area contributed by atoms with Crippen molar-refractivity contribution in [3.8, 4) is 0 Å². The van der Waals surface area contributed by atoms with Crippen LogP contribution in [-0.2, 0) is 0 Å². The van der Waals surface area contributed by atoms with Crippen LogP contribution < -0.4 is 10.6 Å². The van der Waals surface area contributed by atoms with Gasteiger partial charge in [-0.05, 0) is 54.7 Å². The second-order valence-corrected chi connectivity index (χ2v) is 7.31. The van der Waals surface area contributed by atoms with Crippen LogP contribution in [0.2, 0.25) is 5.02 Å². The maximum Gasteiger partial charge on any atom is 0.315 e. The van der Waals surface area contributed by atoms with Crippen molar-refractivity contribution >= 4 is 17.6 Å². The van der Waals surface area contributed by atoms with Crippen molar-refractivity contribution in [3.05, 3.63) is 34.9 Å². The van der Waals surface area contributed by atoms with Gasteiger partial charge >= 0.3 is 6.03 Å². The van der Waals surface area contributed by atoms with E-state index in [4.69, 9.17) is 16.7 Å². The predicted molar refractivity (Wildman–Crippen MR) is 91.4 cm³/mol. The Morgan fingerprint density at radius 3 is 2.74 bits per heavy atom. The molecule has 3 rings (SSSR count). The monoisotopic (exact) mass is 336 g/mol. The molecule has 0 heterocycles. The van der Waals surface area contributed by atoms with Gasteiger partial charge in [0.05, 0.1) is 6.04 Å². The van der Waals surface area contributed by atoms with E-state index in [0.29, 0.717) is 29.3 Å². The van der Waals surface area contributed by atoms with E-state index < -0.39 is 0 Å². The lowest BCUT2D eigenvalue weighted by Crippen LogP contribution is -2.41. The standard InChI is InChI=1S/C18H25ClN2O2/c19-16-7-3-6-13(9-16)17(12-4-1-2-5-12)21-18(23)20-10-14-8-15(14)11-22/h3,6-7,9,12,14-15,17,22H,1-2,4-5,8,10-11H2,(H2,20,21,23)/t14-,15+,17-/m0/s1. The fourth-order valence-corrected chi connectivity index (χ4v) is 3.86. The first-order valence-corrected chi connectivity index (χ1v) is 8.96. The van der Waals surface area contributed by atoms with Crippen molar-refractivity contribution in [1.29, 1.82) is 0 Å². The Hall–Kier alpha value is -1.26. The molecule has 5 heteroatoms. The SMILES string of the molecule is O=C(NC[C@@H]1C[C@@H]1CO)N[C@H](c1cccc(Cl)c1)C1CCCC1. The number of benzene rings is 1. The lowest BCUT2D eigenvalue weighted by molar-refractivity contribution is 0.229. The molecule has 126 valence electrons. The van der Waals surface area contributed by atoms with Crippen LogP contribution in [0.5, 0.6) is 0 Å². The highest BCUT2D eigenvalue weighted by Gasteiger charge is 2.36. The molecule has 4 nitrogen and oxygen atoms in total. The molecular weight excluding hydrogens is 312 g/mol. The van der Waals surface area contributed by atoms with Gasteiger partial charge in [-0.15, -0.1) is 0 Å². The number of urea groups is 1. The van der Waals surface area contributed by atoms with Gasteiger partial charge in [-0.25, -0.2) is 4.79 Å². The van der Waals surface area contributed by atoms with Crippen LogP contribution in [0, 0.1) is 17.8 Å². The summed E-state index contributed by atoms with van der Waals surface area (Å²) in [4.78, 5) is 12.3. The number of nitrogens with one attached hydrogen (secondary N) is 2. The topological polar surface area (TPSA) is 61.4 Å². The zero-order chi connectivity index (χ0) is 16.2. The number of rotatable bonds is 6. The molecule has 23 heavy (non-hydrogen) atoms. The zero-order valence-corrected chi connectivity index (χ0v) is 14.1. The van der Waals surface area contributed by atoms with Gasteiger partial charge in [0, 0.05) is 18.2 Å². The Morgan fingerprint density at radius 1 is 1.30 bits per heavy atom. The summed E-state index contributed by atoms with van der Waals surface area (Å²) in [7, 11) is 0. The minimum atomic E-state index is -0.120. The van der Waals surface area contributed by atoms with E-state index in [1.165, 1.54) is 12.8 Å². The molecule has 2 aliphatic carbocycles. The molecule has 2 aliphatic rings. The van der Waals surface area contributed by atoms with Gasteiger partial charge < -0.3 is 15.7 Å². The Kier molecular flexibility index (Phi) is 5.44. The molecule has 0 aliphatic heterocycles. The van der Waals surface area contributed by atoms with Crippen LogP contribution in [0.3, 0.4) is 0 Å². The second kappa shape index (κ2) is 7.54. The number of amides is 2. The maximum absolute atomic E-state index is 12.3. The summed E-state index contributed by atoms with van der Waals surface area (Å²) in [5.41, 5.74) is 1.08. The first kappa shape index (κ1) is 16.6. The highest BCUT2D eigenvalue weighted by atomic mass is 35.5. The lowest BCUT2D eigenvalue weighted by atomic mass is 9.92. The predicted octanol–water partition coefficient (Wildman–Crippen LogP) is 3.50. The van der Waals surface area contributed by atoms with Crippen LogP contribution >= 0.6 is 11.6 Å². The zero-order valence-electron chi connectivity index (χ0n) is 13.3. The largest absolute Gasteiger partial charge is 0.396 e. The summed E-state index contributed by atoms with van der Waals surface area (Å²) in [6.07, 6.45) is 5.76. The summed E-state index contributed by atoms with van der Waals surface area (Å²) < 4.78 is 0. The number of aliphatic hydroxyl groups is 1. The molecule has 2 fully saturated rings. The molecule has 0 saturated heterocycles. The third-order valence-corrected chi connectivity index (χ3v) is 5.43. The summed E-state index contributed by atoms with van der Waals surface area (Å²) in [6.45, 7) is 0.866. The molecule has 2 amide bonds. The lowest BCUT2D eigenvalue weighted by Gasteiger charge is -2.25. The van der Waals surface area contributed by atoms with Gasteiger partial charge in [-0.3, -0.25) is 0 Å².